The Morgan fingerprint density at radius 1 is 1.29 bits per heavy atom. The van der Waals surface area contributed by atoms with E-state index in [-0.39, 0.29) is 6.04 Å². The fourth-order valence-corrected chi connectivity index (χ4v) is 3.19. The molecule has 0 saturated heterocycles. The first-order chi connectivity index (χ1) is 8.22. The lowest BCUT2D eigenvalue weighted by Gasteiger charge is -2.30. The Hall–Kier alpha value is -0.0900. The smallest absolute Gasteiger partial charge is 0.0548 e. The van der Waals surface area contributed by atoms with Crippen LogP contribution in [0.5, 0.6) is 0 Å². The van der Waals surface area contributed by atoms with Gasteiger partial charge in [-0.1, -0.05) is 36.9 Å². The molecule has 1 aromatic carbocycles. The lowest BCUT2D eigenvalue weighted by molar-refractivity contribution is 0.273. The summed E-state index contributed by atoms with van der Waals surface area (Å²) < 4.78 is 0.938. The van der Waals surface area contributed by atoms with Crippen molar-refractivity contribution in [2.75, 3.05) is 0 Å². The van der Waals surface area contributed by atoms with Crippen LogP contribution in [-0.2, 0) is 0 Å². The molecule has 1 aliphatic rings. The minimum atomic E-state index is 0.240. The number of halogens is 2. The number of nitrogens with one attached hydrogen (secondary N) is 1. The fourth-order valence-electron chi connectivity index (χ4n) is 2.68. The van der Waals surface area contributed by atoms with Gasteiger partial charge >= 0.3 is 0 Å². The quantitative estimate of drug-likeness (QED) is 0.648. The summed E-state index contributed by atoms with van der Waals surface area (Å²) >= 11 is 9.48. The van der Waals surface area contributed by atoms with Gasteiger partial charge in [0.2, 0.25) is 0 Å². The fraction of sp³-hybridized carbons (Fsp3) is 0.538. The van der Waals surface area contributed by atoms with E-state index in [1.165, 1.54) is 37.7 Å². The molecule has 0 bridgehead atoms. The van der Waals surface area contributed by atoms with Crippen molar-refractivity contribution in [1.29, 1.82) is 0 Å². The van der Waals surface area contributed by atoms with Crippen LogP contribution in [0, 0.1) is 5.92 Å². The van der Waals surface area contributed by atoms with Gasteiger partial charge in [0.1, 0.15) is 0 Å². The van der Waals surface area contributed by atoms with E-state index >= 15 is 0 Å². The molecule has 2 rings (SSSR count). The third-order valence-electron chi connectivity index (χ3n) is 3.60. The van der Waals surface area contributed by atoms with Crippen LogP contribution in [-0.4, -0.2) is 0 Å². The predicted molar refractivity (Wildman–Crippen MR) is 75.8 cm³/mol. The molecule has 0 amide bonds. The second-order valence-corrected chi connectivity index (χ2v) is 5.98. The summed E-state index contributed by atoms with van der Waals surface area (Å²) in [6, 6.07) is 6.30. The van der Waals surface area contributed by atoms with E-state index in [2.05, 4.69) is 33.5 Å². The first-order valence-electron chi connectivity index (χ1n) is 6.13. The van der Waals surface area contributed by atoms with Crippen LogP contribution in [0.4, 0.5) is 0 Å². The summed E-state index contributed by atoms with van der Waals surface area (Å²) in [5.74, 6) is 6.37. The maximum absolute atomic E-state index is 6.02. The molecular weight excluding hydrogens is 300 g/mol. The zero-order valence-electron chi connectivity index (χ0n) is 9.76. The zero-order chi connectivity index (χ0) is 12.3. The second kappa shape index (κ2) is 6.19. The summed E-state index contributed by atoms with van der Waals surface area (Å²) in [5.41, 5.74) is 4.19. The van der Waals surface area contributed by atoms with Crippen molar-refractivity contribution in [3.63, 3.8) is 0 Å². The minimum Gasteiger partial charge on any atom is -0.271 e. The zero-order valence-corrected chi connectivity index (χ0v) is 12.1. The predicted octanol–water partition coefficient (Wildman–Crippen LogP) is 4.19. The third kappa shape index (κ3) is 3.22. The highest BCUT2D eigenvalue weighted by Gasteiger charge is 2.24. The van der Waals surface area contributed by atoms with Crippen LogP contribution in [0.2, 0.25) is 5.02 Å². The topological polar surface area (TPSA) is 38.0 Å². The average Bonchev–Trinajstić information content (AvgIpc) is 2.36. The molecule has 1 aliphatic carbocycles. The van der Waals surface area contributed by atoms with Crippen molar-refractivity contribution in [2.24, 2.45) is 11.8 Å². The molecule has 1 fully saturated rings. The number of nitrogens with two attached hydrogens (primary N) is 1. The maximum atomic E-state index is 6.02. The molecule has 0 aliphatic heterocycles. The van der Waals surface area contributed by atoms with Gasteiger partial charge in [0.05, 0.1) is 5.02 Å². The van der Waals surface area contributed by atoms with Crippen molar-refractivity contribution in [2.45, 2.75) is 38.1 Å². The molecular formula is C13H18BrClN2. The largest absolute Gasteiger partial charge is 0.271 e. The Morgan fingerprint density at radius 3 is 2.59 bits per heavy atom. The van der Waals surface area contributed by atoms with Crippen LogP contribution < -0.4 is 11.3 Å². The van der Waals surface area contributed by atoms with Gasteiger partial charge in [0.25, 0.3) is 0 Å². The van der Waals surface area contributed by atoms with Crippen LogP contribution in [0.1, 0.15) is 43.7 Å². The highest BCUT2D eigenvalue weighted by molar-refractivity contribution is 9.10. The molecule has 0 radical (unpaired) electrons. The summed E-state index contributed by atoms with van der Waals surface area (Å²) in [7, 11) is 0. The molecule has 2 nitrogen and oxygen atoms in total. The third-order valence-corrected chi connectivity index (χ3v) is 4.82. The van der Waals surface area contributed by atoms with Gasteiger partial charge in [-0.15, -0.1) is 0 Å². The van der Waals surface area contributed by atoms with E-state index in [4.69, 9.17) is 17.4 Å². The van der Waals surface area contributed by atoms with E-state index in [0.717, 1.165) is 9.50 Å². The van der Waals surface area contributed by atoms with Gasteiger partial charge in [-0.2, -0.15) is 0 Å². The maximum Gasteiger partial charge on any atom is 0.0548 e. The van der Waals surface area contributed by atoms with Gasteiger partial charge < -0.3 is 0 Å². The van der Waals surface area contributed by atoms with E-state index in [0.29, 0.717) is 5.92 Å². The van der Waals surface area contributed by atoms with E-state index in [1.807, 2.05) is 6.07 Å². The van der Waals surface area contributed by atoms with Crippen LogP contribution >= 0.6 is 27.5 Å². The van der Waals surface area contributed by atoms with E-state index < -0.39 is 0 Å². The van der Waals surface area contributed by atoms with Crippen molar-refractivity contribution >= 4 is 27.5 Å². The number of rotatable bonds is 3. The Bertz CT molecular complexity index is 378. The van der Waals surface area contributed by atoms with Gasteiger partial charge in [-0.25, -0.2) is 0 Å². The first kappa shape index (κ1) is 13.3. The highest BCUT2D eigenvalue weighted by Crippen LogP contribution is 2.35. The highest BCUT2D eigenvalue weighted by atomic mass is 79.9. The first-order valence-corrected chi connectivity index (χ1v) is 7.30. The molecule has 0 heterocycles. The number of hydrogen-bond donors (Lipinski definition) is 2. The Kier molecular flexibility index (Phi) is 4.86. The normalized spacial score (nSPS) is 19.2. The number of hydrazine groups is 1. The van der Waals surface area contributed by atoms with Gasteiger partial charge in [0.15, 0.2) is 0 Å². The van der Waals surface area contributed by atoms with Crippen LogP contribution in [0.25, 0.3) is 0 Å². The molecule has 3 N–H and O–H groups in total. The number of hydrogen-bond acceptors (Lipinski definition) is 2. The summed E-state index contributed by atoms with van der Waals surface area (Å²) in [6.07, 6.45) is 6.51. The van der Waals surface area contributed by atoms with Crippen LogP contribution in [0.15, 0.2) is 22.7 Å². The Balaban J connectivity index is 2.18. The SMILES string of the molecule is NNC(c1ccc(Cl)c(Br)c1)C1CCCCC1. The van der Waals surface area contributed by atoms with E-state index in [1.54, 1.807) is 0 Å². The van der Waals surface area contributed by atoms with Gasteiger partial charge in [-0.3, -0.25) is 11.3 Å². The van der Waals surface area contributed by atoms with Crippen molar-refractivity contribution in [3.05, 3.63) is 33.3 Å². The summed E-state index contributed by atoms with van der Waals surface area (Å²) in [6.45, 7) is 0. The lowest BCUT2D eigenvalue weighted by Crippen LogP contribution is -2.34. The lowest BCUT2D eigenvalue weighted by atomic mass is 9.81. The van der Waals surface area contributed by atoms with Crippen LogP contribution in [0.3, 0.4) is 0 Å². The summed E-state index contributed by atoms with van der Waals surface area (Å²) in [5, 5.41) is 0.744. The van der Waals surface area contributed by atoms with Crippen molar-refractivity contribution < 1.29 is 0 Å². The van der Waals surface area contributed by atoms with Crippen molar-refractivity contribution in [3.8, 4) is 0 Å². The molecule has 1 atom stereocenters. The number of benzene rings is 1. The van der Waals surface area contributed by atoms with E-state index in [9.17, 15) is 0 Å². The molecule has 4 heteroatoms. The molecule has 0 aromatic heterocycles. The second-order valence-electron chi connectivity index (χ2n) is 4.72. The van der Waals surface area contributed by atoms with Gasteiger partial charge in [-0.05, 0) is 52.4 Å². The Labute approximate surface area is 116 Å². The molecule has 1 saturated carbocycles. The molecule has 1 aromatic rings. The average molecular weight is 318 g/mol. The molecule has 17 heavy (non-hydrogen) atoms. The monoisotopic (exact) mass is 316 g/mol. The molecule has 94 valence electrons. The Morgan fingerprint density at radius 2 is 2.00 bits per heavy atom. The molecule has 1 unspecified atom stereocenters. The van der Waals surface area contributed by atoms with Gasteiger partial charge in [0, 0.05) is 10.5 Å². The van der Waals surface area contributed by atoms with Crippen molar-refractivity contribution in [1.82, 2.24) is 5.43 Å². The summed E-state index contributed by atoms with van der Waals surface area (Å²) in [4.78, 5) is 0. The minimum absolute atomic E-state index is 0.240. The standard InChI is InChI=1S/C13H18BrClN2/c14-11-8-10(6-7-12(11)15)13(17-16)9-4-2-1-3-5-9/h6-9,13,17H,1-5,16H2. The molecule has 0 spiro atoms.